The second-order valence-electron chi connectivity index (χ2n) is 6.00. The van der Waals surface area contributed by atoms with Crippen LogP contribution in [0.3, 0.4) is 0 Å². The average Bonchev–Trinajstić information content (AvgIpc) is 2.43. The fourth-order valence-electron chi connectivity index (χ4n) is 2.69. The van der Waals surface area contributed by atoms with Gasteiger partial charge in [0.15, 0.2) is 0 Å². The molecule has 2 heteroatoms. The van der Waals surface area contributed by atoms with Crippen molar-refractivity contribution in [3.8, 4) is 0 Å². The summed E-state index contributed by atoms with van der Waals surface area (Å²) in [6, 6.07) is 10.9. The summed E-state index contributed by atoms with van der Waals surface area (Å²) in [5, 5.41) is 0. The maximum atomic E-state index is 6.20. The van der Waals surface area contributed by atoms with Crippen molar-refractivity contribution in [3.63, 3.8) is 0 Å². The molecule has 0 bridgehead atoms. The fraction of sp³-hybridized carbons (Fsp3) is 0.667. The van der Waals surface area contributed by atoms with Crippen molar-refractivity contribution in [3.05, 3.63) is 35.9 Å². The Kier molecular flexibility index (Phi) is 9.35. The van der Waals surface area contributed by atoms with E-state index >= 15 is 0 Å². The smallest absolute Gasteiger partial charge is 0.00940 e. The lowest BCUT2D eigenvalue weighted by Crippen LogP contribution is -2.32. The molecule has 4 N–H and O–H groups in total. The number of benzene rings is 1. The van der Waals surface area contributed by atoms with Crippen LogP contribution in [0.25, 0.3) is 0 Å². The van der Waals surface area contributed by atoms with Gasteiger partial charge in [-0.05, 0) is 24.8 Å². The minimum absolute atomic E-state index is 0.187. The Morgan fingerprint density at radius 1 is 0.850 bits per heavy atom. The van der Waals surface area contributed by atoms with Crippen molar-refractivity contribution in [2.24, 2.45) is 11.5 Å². The molecule has 2 unspecified atom stereocenters. The Hall–Kier alpha value is -0.860. The summed E-state index contributed by atoms with van der Waals surface area (Å²) in [5.74, 6) is 0. The van der Waals surface area contributed by atoms with Crippen LogP contribution >= 0.6 is 0 Å². The Balaban J connectivity index is 2.07. The Bertz CT molecular complexity index is 323. The van der Waals surface area contributed by atoms with Gasteiger partial charge >= 0.3 is 0 Å². The molecule has 0 aliphatic heterocycles. The zero-order valence-corrected chi connectivity index (χ0v) is 13.1. The van der Waals surface area contributed by atoms with Crippen LogP contribution in [-0.4, -0.2) is 12.1 Å². The predicted octanol–water partition coefficient (Wildman–Crippen LogP) is 4.02. The van der Waals surface area contributed by atoms with E-state index in [1.807, 2.05) is 6.07 Å². The highest BCUT2D eigenvalue weighted by molar-refractivity contribution is 5.15. The molecule has 1 aromatic rings. The lowest BCUT2D eigenvalue weighted by atomic mass is 9.97. The van der Waals surface area contributed by atoms with Crippen LogP contribution in [0.15, 0.2) is 30.3 Å². The number of unbranched alkanes of at least 4 members (excludes halogenated alkanes) is 5. The number of hydrogen-bond donors (Lipinski definition) is 2. The molecule has 0 fully saturated rings. The zero-order valence-electron chi connectivity index (χ0n) is 13.1. The molecular formula is C18H32N2. The molecule has 1 aromatic carbocycles. The lowest BCUT2D eigenvalue weighted by Gasteiger charge is -2.17. The van der Waals surface area contributed by atoms with Gasteiger partial charge in [0.1, 0.15) is 0 Å². The molecule has 0 aliphatic rings. The number of rotatable bonds is 11. The van der Waals surface area contributed by atoms with Crippen molar-refractivity contribution in [2.45, 2.75) is 76.8 Å². The molecule has 0 aliphatic carbocycles. The topological polar surface area (TPSA) is 52.0 Å². The second-order valence-corrected chi connectivity index (χ2v) is 6.00. The van der Waals surface area contributed by atoms with Crippen molar-refractivity contribution >= 4 is 0 Å². The molecule has 2 atom stereocenters. The van der Waals surface area contributed by atoms with Crippen LogP contribution in [0, 0.1) is 0 Å². The van der Waals surface area contributed by atoms with E-state index in [9.17, 15) is 0 Å². The third-order valence-corrected chi connectivity index (χ3v) is 3.87. The highest BCUT2D eigenvalue weighted by Crippen LogP contribution is 2.11. The van der Waals surface area contributed by atoms with E-state index in [-0.39, 0.29) is 12.1 Å². The first kappa shape index (κ1) is 17.2. The van der Waals surface area contributed by atoms with Gasteiger partial charge in [0.2, 0.25) is 0 Å². The van der Waals surface area contributed by atoms with Gasteiger partial charge in [0.05, 0.1) is 0 Å². The maximum Gasteiger partial charge on any atom is 0.00940 e. The summed E-state index contributed by atoms with van der Waals surface area (Å²) in [6.07, 6.45) is 11.0. The summed E-state index contributed by atoms with van der Waals surface area (Å²) in [5.41, 5.74) is 13.7. The van der Waals surface area contributed by atoms with E-state index in [2.05, 4.69) is 31.2 Å². The molecule has 0 radical (unpaired) electrons. The van der Waals surface area contributed by atoms with Gasteiger partial charge in [-0.15, -0.1) is 0 Å². The first-order valence-corrected chi connectivity index (χ1v) is 8.27. The average molecular weight is 276 g/mol. The molecule has 0 spiro atoms. The van der Waals surface area contributed by atoms with Gasteiger partial charge in [-0.3, -0.25) is 0 Å². The van der Waals surface area contributed by atoms with Crippen LogP contribution in [0.1, 0.15) is 63.9 Å². The van der Waals surface area contributed by atoms with E-state index in [4.69, 9.17) is 11.5 Å². The third kappa shape index (κ3) is 8.34. The van der Waals surface area contributed by atoms with E-state index in [1.54, 1.807) is 0 Å². The molecule has 0 heterocycles. The fourth-order valence-corrected chi connectivity index (χ4v) is 2.69. The van der Waals surface area contributed by atoms with Crippen molar-refractivity contribution < 1.29 is 0 Å². The van der Waals surface area contributed by atoms with Gasteiger partial charge in [-0.2, -0.15) is 0 Å². The van der Waals surface area contributed by atoms with Crippen LogP contribution in [0.5, 0.6) is 0 Å². The molecular weight excluding hydrogens is 244 g/mol. The molecule has 0 saturated carbocycles. The Morgan fingerprint density at radius 3 is 2.20 bits per heavy atom. The zero-order chi connectivity index (χ0) is 14.6. The van der Waals surface area contributed by atoms with E-state index in [0.29, 0.717) is 0 Å². The molecule has 20 heavy (non-hydrogen) atoms. The highest BCUT2D eigenvalue weighted by atomic mass is 14.7. The summed E-state index contributed by atoms with van der Waals surface area (Å²) in [7, 11) is 0. The minimum atomic E-state index is 0.187. The number of hydrogen-bond acceptors (Lipinski definition) is 2. The van der Waals surface area contributed by atoms with Gasteiger partial charge < -0.3 is 11.5 Å². The van der Waals surface area contributed by atoms with Crippen LogP contribution < -0.4 is 11.5 Å². The molecule has 0 amide bonds. The minimum Gasteiger partial charge on any atom is -0.328 e. The van der Waals surface area contributed by atoms with Gasteiger partial charge in [-0.1, -0.05) is 75.8 Å². The van der Waals surface area contributed by atoms with Crippen LogP contribution in [-0.2, 0) is 6.42 Å². The molecule has 1 rings (SSSR count). The lowest BCUT2D eigenvalue weighted by molar-refractivity contribution is 0.468. The standard InChI is InChI=1S/C18H32N2/c1-2-3-4-5-6-10-13-17(19)15-18(20)14-16-11-8-7-9-12-16/h7-9,11-12,17-18H,2-6,10,13-15,19-20H2,1H3. The summed E-state index contributed by atoms with van der Waals surface area (Å²) in [4.78, 5) is 0. The van der Waals surface area contributed by atoms with E-state index in [1.165, 1.54) is 44.1 Å². The summed E-state index contributed by atoms with van der Waals surface area (Å²) < 4.78 is 0. The van der Waals surface area contributed by atoms with Gasteiger partial charge in [0, 0.05) is 12.1 Å². The number of nitrogens with two attached hydrogens (primary N) is 2. The third-order valence-electron chi connectivity index (χ3n) is 3.87. The Morgan fingerprint density at radius 2 is 1.50 bits per heavy atom. The van der Waals surface area contributed by atoms with Gasteiger partial charge in [0.25, 0.3) is 0 Å². The van der Waals surface area contributed by atoms with Gasteiger partial charge in [-0.25, -0.2) is 0 Å². The predicted molar refractivity (Wildman–Crippen MR) is 88.7 cm³/mol. The van der Waals surface area contributed by atoms with Crippen molar-refractivity contribution in [1.29, 1.82) is 0 Å². The van der Waals surface area contributed by atoms with Crippen LogP contribution in [0.4, 0.5) is 0 Å². The monoisotopic (exact) mass is 276 g/mol. The second kappa shape index (κ2) is 10.9. The molecule has 0 saturated heterocycles. The summed E-state index contributed by atoms with van der Waals surface area (Å²) in [6.45, 7) is 2.25. The molecule has 114 valence electrons. The first-order chi connectivity index (χ1) is 9.72. The first-order valence-electron chi connectivity index (χ1n) is 8.27. The van der Waals surface area contributed by atoms with Crippen molar-refractivity contribution in [1.82, 2.24) is 0 Å². The molecule has 0 aromatic heterocycles. The quantitative estimate of drug-likeness (QED) is 0.600. The normalized spacial score (nSPS) is 14.2. The van der Waals surface area contributed by atoms with Crippen LogP contribution in [0.2, 0.25) is 0 Å². The Labute approximate surface area is 124 Å². The van der Waals surface area contributed by atoms with E-state index < -0.39 is 0 Å². The largest absolute Gasteiger partial charge is 0.328 e. The van der Waals surface area contributed by atoms with E-state index in [0.717, 1.165) is 19.3 Å². The SMILES string of the molecule is CCCCCCCCC(N)CC(N)Cc1ccccc1. The summed E-state index contributed by atoms with van der Waals surface area (Å²) >= 11 is 0. The highest BCUT2D eigenvalue weighted by Gasteiger charge is 2.10. The molecule has 2 nitrogen and oxygen atoms in total. The maximum absolute atomic E-state index is 6.20. The van der Waals surface area contributed by atoms with Crippen molar-refractivity contribution in [2.75, 3.05) is 0 Å².